The fourth-order valence-corrected chi connectivity index (χ4v) is 1.56. The van der Waals surface area contributed by atoms with Gasteiger partial charge in [0, 0.05) is 12.7 Å². The molecule has 2 heterocycles. The maximum Gasteiger partial charge on any atom is 0.218 e. The zero-order chi connectivity index (χ0) is 11.2. The van der Waals surface area contributed by atoms with Gasteiger partial charge in [0.25, 0.3) is 0 Å². The van der Waals surface area contributed by atoms with Crippen molar-refractivity contribution in [1.82, 2.24) is 9.97 Å². The summed E-state index contributed by atoms with van der Waals surface area (Å²) in [5.41, 5.74) is 0. The van der Waals surface area contributed by atoms with Crippen LogP contribution in [0.3, 0.4) is 0 Å². The van der Waals surface area contributed by atoms with Crippen molar-refractivity contribution in [2.75, 3.05) is 25.1 Å². The number of rotatable bonds is 5. The lowest BCUT2D eigenvalue weighted by Gasteiger charge is -2.11. The number of hydrogen-bond acceptors (Lipinski definition) is 5. The Labute approximate surface area is 95.2 Å². The molecule has 0 radical (unpaired) electrons. The van der Waals surface area contributed by atoms with Crippen LogP contribution in [0.4, 0.5) is 5.82 Å². The van der Waals surface area contributed by atoms with Crippen LogP contribution in [0.2, 0.25) is 0 Å². The summed E-state index contributed by atoms with van der Waals surface area (Å²) in [6.45, 7) is 4.32. The van der Waals surface area contributed by atoms with Crippen LogP contribution in [0, 0.1) is 0 Å². The second-order valence-corrected chi connectivity index (χ2v) is 3.79. The Balaban J connectivity index is 1.92. The SMILES string of the molecule is CCCOc1cc(NC2CCOC2)ncn1. The number of ether oxygens (including phenoxy) is 2. The molecule has 0 aromatic carbocycles. The van der Waals surface area contributed by atoms with Gasteiger partial charge in [-0.3, -0.25) is 0 Å². The van der Waals surface area contributed by atoms with Gasteiger partial charge in [0.15, 0.2) is 0 Å². The maximum absolute atomic E-state index is 5.44. The summed E-state index contributed by atoms with van der Waals surface area (Å²) in [5, 5.41) is 3.30. The Hall–Kier alpha value is -1.36. The third-order valence-corrected chi connectivity index (χ3v) is 2.38. The first-order chi connectivity index (χ1) is 7.88. The average Bonchev–Trinajstić information content (AvgIpc) is 2.80. The van der Waals surface area contributed by atoms with E-state index in [-0.39, 0.29) is 0 Å². The molecule has 1 aromatic heterocycles. The van der Waals surface area contributed by atoms with Crippen LogP contribution >= 0.6 is 0 Å². The fourth-order valence-electron chi connectivity index (χ4n) is 1.56. The molecule has 0 saturated carbocycles. The highest BCUT2D eigenvalue weighted by atomic mass is 16.5. The Bertz CT molecular complexity index is 327. The van der Waals surface area contributed by atoms with Gasteiger partial charge in [-0.25, -0.2) is 9.97 Å². The van der Waals surface area contributed by atoms with Crippen LogP contribution in [0.15, 0.2) is 12.4 Å². The molecule has 5 nitrogen and oxygen atoms in total. The largest absolute Gasteiger partial charge is 0.478 e. The standard InChI is InChI=1S/C11H17N3O2/c1-2-4-16-11-6-10(12-8-13-11)14-9-3-5-15-7-9/h6,8-9H,2-5,7H2,1H3,(H,12,13,14). The summed E-state index contributed by atoms with van der Waals surface area (Å²) in [6, 6.07) is 2.18. The van der Waals surface area contributed by atoms with Crippen molar-refractivity contribution in [2.24, 2.45) is 0 Å². The molecule has 1 atom stereocenters. The second-order valence-electron chi connectivity index (χ2n) is 3.79. The van der Waals surface area contributed by atoms with E-state index in [9.17, 15) is 0 Å². The molecule has 1 unspecified atom stereocenters. The van der Waals surface area contributed by atoms with Gasteiger partial charge in [0.05, 0.1) is 19.3 Å². The van der Waals surface area contributed by atoms with E-state index in [0.29, 0.717) is 18.5 Å². The Morgan fingerprint density at radius 2 is 2.50 bits per heavy atom. The summed E-state index contributed by atoms with van der Waals surface area (Å²) in [6.07, 6.45) is 3.52. The topological polar surface area (TPSA) is 56.3 Å². The summed E-state index contributed by atoms with van der Waals surface area (Å²) in [5.74, 6) is 1.43. The first-order valence-corrected chi connectivity index (χ1v) is 5.67. The van der Waals surface area contributed by atoms with Crippen LogP contribution in [-0.4, -0.2) is 35.8 Å². The third-order valence-electron chi connectivity index (χ3n) is 2.38. The molecule has 0 spiro atoms. The van der Waals surface area contributed by atoms with Gasteiger partial charge in [-0.05, 0) is 12.8 Å². The zero-order valence-corrected chi connectivity index (χ0v) is 9.48. The van der Waals surface area contributed by atoms with E-state index in [1.165, 1.54) is 6.33 Å². The van der Waals surface area contributed by atoms with Gasteiger partial charge >= 0.3 is 0 Å². The summed E-state index contributed by atoms with van der Waals surface area (Å²) in [7, 11) is 0. The first kappa shape index (κ1) is 11.1. The van der Waals surface area contributed by atoms with Crippen molar-refractivity contribution >= 4 is 5.82 Å². The molecule has 0 amide bonds. The molecule has 0 aliphatic carbocycles. The maximum atomic E-state index is 5.44. The van der Waals surface area contributed by atoms with E-state index in [4.69, 9.17) is 9.47 Å². The second kappa shape index (κ2) is 5.65. The summed E-state index contributed by atoms with van der Waals surface area (Å²) < 4.78 is 10.7. The number of aromatic nitrogens is 2. The molecule has 0 bridgehead atoms. The van der Waals surface area contributed by atoms with Crippen LogP contribution in [-0.2, 0) is 4.74 Å². The highest BCUT2D eigenvalue weighted by Gasteiger charge is 2.15. The Kier molecular flexibility index (Phi) is 3.93. The van der Waals surface area contributed by atoms with Gasteiger partial charge in [-0.1, -0.05) is 6.92 Å². The molecule has 88 valence electrons. The minimum absolute atomic E-state index is 0.355. The van der Waals surface area contributed by atoms with E-state index < -0.39 is 0 Å². The minimum Gasteiger partial charge on any atom is -0.478 e. The lowest BCUT2D eigenvalue weighted by molar-refractivity contribution is 0.195. The van der Waals surface area contributed by atoms with Crippen molar-refractivity contribution in [3.63, 3.8) is 0 Å². The number of nitrogens with one attached hydrogen (secondary N) is 1. The van der Waals surface area contributed by atoms with E-state index in [1.807, 2.05) is 6.07 Å². The molecular formula is C11H17N3O2. The van der Waals surface area contributed by atoms with E-state index in [1.54, 1.807) is 0 Å². The first-order valence-electron chi connectivity index (χ1n) is 5.67. The molecule has 1 aromatic rings. The molecule has 1 fully saturated rings. The average molecular weight is 223 g/mol. The lowest BCUT2D eigenvalue weighted by Crippen LogP contribution is -2.19. The molecule has 1 aliphatic heterocycles. The summed E-state index contributed by atoms with van der Waals surface area (Å²) in [4.78, 5) is 8.20. The van der Waals surface area contributed by atoms with Crippen LogP contribution in [0.25, 0.3) is 0 Å². The molecule has 1 N–H and O–H groups in total. The smallest absolute Gasteiger partial charge is 0.218 e. The van der Waals surface area contributed by atoms with Crippen LogP contribution < -0.4 is 10.1 Å². The van der Waals surface area contributed by atoms with Crippen molar-refractivity contribution in [1.29, 1.82) is 0 Å². The molecular weight excluding hydrogens is 206 g/mol. The van der Waals surface area contributed by atoms with E-state index in [2.05, 4.69) is 22.2 Å². The van der Waals surface area contributed by atoms with Gasteiger partial charge in [0.1, 0.15) is 12.1 Å². The van der Waals surface area contributed by atoms with Crippen molar-refractivity contribution in [3.8, 4) is 5.88 Å². The monoisotopic (exact) mass is 223 g/mol. The van der Waals surface area contributed by atoms with E-state index >= 15 is 0 Å². The number of anilines is 1. The van der Waals surface area contributed by atoms with Gasteiger partial charge < -0.3 is 14.8 Å². The predicted octanol–water partition coefficient (Wildman–Crippen LogP) is 1.47. The van der Waals surface area contributed by atoms with Crippen molar-refractivity contribution < 1.29 is 9.47 Å². The lowest BCUT2D eigenvalue weighted by atomic mass is 10.2. The molecule has 1 aliphatic rings. The molecule has 1 saturated heterocycles. The van der Waals surface area contributed by atoms with Crippen LogP contribution in [0.1, 0.15) is 19.8 Å². The molecule has 16 heavy (non-hydrogen) atoms. The molecule has 2 rings (SSSR count). The highest BCUT2D eigenvalue weighted by molar-refractivity contribution is 5.38. The van der Waals surface area contributed by atoms with Gasteiger partial charge in [0.2, 0.25) is 5.88 Å². The third kappa shape index (κ3) is 3.06. The summed E-state index contributed by atoms with van der Waals surface area (Å²) >= 11 is 0. The number of nitrogens with zero attached hydrogens (tertiary/aromatic N) is 2. The quantitative estimate of drug-likeness (QED) is 0.819. The number of hydrogen-bond donors (Lipinski definition) is 1. The molecule has 5 heteroatoms. The van der Waals surface area contributed by atoms with Crippen molar-refractivity contribution in [3.05, 3.63) is 12.4 Å². The highest BCUT2D eigenvalue weighted by Crippen LogP contribution is 2.15. The van der Waals surface area contributed by atoms with Gasteiger partial charge in [-0.2, -0.15) is 0 Å². The Morgan fingerprint density at radius 3 is 3.25 bits per heavy atom. The van der Waals surface area contributed by atoms with E-state index in [0.717, 1.165) is 31.9 Å². The van der Waals surface area contributed by atoms with Gasteiger partial charge in [-0.15, -0.1) is 0 Å². The fraction of sp³-hybridized carbons (Fsp3) is 0.636. The van der Waals surface area contributed by atoms with Crippen molar-refractivity contribution in [2.45, 2.75) is 25.8 Å². The van der Waals surface area contributed by atoms with Crippen LogP contribution in [0.5, 0.6) is 5.88 Å². The zero-order valence-electron chi connectivity index (χ0n) is 9.48. The minimum atomic E-state index is 0.355. The normalized spacial score (nSPS) is 19.7. The Morgan fingerprint density at radius 1 is 1.56 bits per heavy atom. The predicted molar refractivity (Wildman–Crippen MR) is 60.7 cm³/mol.